The third kappa shape index (κ3) is 4.47. The molecule has 1 aromatic rings. The lowest BCUT2D eigenvalue weighted by Gasteiger charge is -2.31. The standard InChI is InChI=1S/C19H28N2O6S/c1-18(2,3)27-17(24)21-15(22)19(4,5)20(16(21)23)11-28-12-8-9-13(25-6)14(10-12)26-7/h8-10,15,22H,11H2,1-7H3. The maximum atomic E-state index is 12.8. The van der Waals surface area contributed by atoms with Gasteiger partial charge in [-0.2, -0.15) is 4.90 Å². The van der Waals surface area contributed by atoms with Gasteiger partial charge >= 0.3 is 12.1 Å². The fourth-order valence-electron chi connectivity index (χ4n) is 2.69. The quantitative estimate of drug-likeness (QED) is 0.740. The van der Waals surface area contributed by atoms with Crippen LogP contribution in [0.5, 0.6) is 11.5 Å². The van der Waals surface area contributed by atoms with Gasteiger partial charge in [-0.25, -0.2) is 9.59 Å². The molecule has 1 atom stereocenters. The molecule has 0 bridgehead atoms. The molecule has 1 fully saturated rings. The van der Waals surface area contributed by atoms with E-state index in [-0.39, 0.29) is 5.88 Å². The maximum Gasteiger partial charge on any atom is 0.420 e. The van der Waals surface area contributed by atoms with Crippen LogP contribution in [-0.4, -0.2) is 64.5 Å². The van der Waals surface area contributed by atoms with E-state index in [0.717, 1.165) is 9.80 Å². The topological polar surface area (TPSA) is 88.5 Å². The van der Waals surface area contributed by atoms with Crippen LogP contribution in [0.2, 0.25) is 0 Å². The largest absolute Gasteiger partial charge is 0.493 e. The lowest BCUT2D eigenvalue weighted by atomic mass is 10.0. The lowest BCUT2D eigenvalue weighted by Crippen LogP contribution is -2.48. The summed E-state index contributed by atoms with van der Waals surface area (Å²) in [5.41, 5.74) is -1.75. The lowest BCUT2D eigenvalue weighted by molar-refractivity contribution is -0.0249. The number of amides is 3. The van der Waals surface area contributed by atoms with Crippen molar-refractivity contribution in [3.8, 4) is 11.5 Å². The van der Waals surface area contributed by atoms with Crippen molar-refractivity contribution in [2.75, 3.05) is 20.1 Å². The van der Waals surface area contributed by atoms with Gasteiger partial charge < -0.3 is 24.2 Å². The summed E-state index contributed by atoms with van der Waals surface area (Å²) in [5.74, 6) is 1.42. The molecule has 0 aromatic heterocycles. The molecule has 9 heteroatoms. The molecule has 0 aliphatic carbocycles. The van der Waals surface area contributed by atoms with Crippen LogP contribution in [-0.2, 0) is 4.74 Å². The van der Waals surface area contributed by atoms with E-state index in [0.29, 0.717) is 11.5 Å². The Morgan fingerprint density at radius 1 is 1.21 bits per heavy atom. The average molecular weight is 413 g/mol. The molecule has 1 aliphatic rings. The van der Waals surface area contributed by atoms with Crippen LogP contribution >= 0.6 is 11.8 Å². The third-order valence-electron chi connectivity index (χ3n) is 4.31. The highest BCUT2D eigenvalue weighted by Crippen LogP contribution is 2.37. The number of thioether (sulfide) groups is 1. The molecule has 1 N–H and O–H groups in total. The van der Waals surface area contributed by atoms with Gasteiger partial charge in [0, 0.05) is 4.90 Å². The molecular formula is C19H28N2O6S. The van der Waals surface area contributed by atoms with E-state index in [1.165, 1.54) is 16.7 Å². The molecule has 1 aliphatic heterocycles. The first-order valence-corrected chi connectivity index (χ1v) is 9.77. The molecule has 2 rings (SSSR count). The Hall–Kier alpha value is -2.13. The van der Waals surface area contributed by atoms with Crippen molar-refractivity contribution in [3.63, 3.8) is 0 Å². The number of hydrogen-bond donors (Lipinski definition) is 1. The van der Waals surface area contributed by atoms with Gasteiger partial charge in [0.25, 0.3) is 0 Å². The molecule has 1 aromatic carbocycles. The Balaban J connectivity index is 2.17. The summed E-state index contributed by atoms with van der Waals surface area (Å²) >= 11 is 1.38. The van der Waals surface area contributed by atoms with Crippen molar-refractivity contribution in [1.29, 1.82) is 0 Å². The summed E-state index contributed by atoms with van der Waals surface area (Å²) in [6, 6.07) is 4.83. The average Bonchev–Trinajstić information content (AvgIpc) is 2.76. The number of hydrogen-bond acceptors (Lipinski definition) is 7. The van der Waals surface area contributed by atoms with E-state index in [1.807, 2.05) is 6.07 Å². The summed E-state index contributed by atoms with van der Waals surface area (Å²) in [7, 11) is 3.11. The number of carbonyl (C=O) groups excluding carboxylic acids is 2. The van der Waals surface area contributed by atoms with Crippen LogP contribution < -0.4 is 9.47 Å². The van der Waals surface area contributed by atoms with E-state index in [9.17, 15) is 14.7 Å². The molecule has 1 heterocycles. The van der Waals surface area contributed by atoms with Crippen LogP contribution in [0.15, 0.2) is 23.1 Å². The van der Waals surface area contributed by atoms with Crippen molar-refractivity contribution in [3.05, 3.63) is 18.2 Å². The van der Waals surface area contributed by atoms with Gasteiger partial charge in [-0.15, -0.1) is 11.8 Å². The molecule has 28 heavy (non-hydrogen) atoms. The summed E-state index contributed by atoms with van der Waals surface area (Å²) in [5, 5.41) is 10.6. The van der Waals surface area contributed by atoms with Gasteiger partial charge in [-0.1, -0.05) is 0 Å². The van der Waals surface area contributed by atoms with Crippen LogP contribution in [0, 0.1) is 0 Å². The number of ether oxygens (including phenoxy) is 3. The Labute approximate surface area is 169 Å². The molecule has 0 spiro atoms. The monoisotopic (exact) mass is 412 g/mol. The van der Waals surface area contributed by atoms with Gasteiger partial charge in [0.2, 0.25) is 0 Å². The van der Waals surface area contributed by atoms with Gasteiger partial charge in [0.1, 0.15) is 5.60 Å². The predicted molar refractivity (Wildman–Crippen MR) is 106 cm³/mol. The van der Waals surface area contributed by atoms with Crippen LogP contribution in [0.1, 0.15) is 34.6 Å². The second-order valence-electron chi connectivity index (χ2n) is 7.88. The smallest absolute Gasteiger partial charge is 0.420 e. The van der Waals surface area contributed by atoms with Crippen molar-refractivity contribution in [1.82, 2.24) is 9.80 Å². The predicted octanol–water partition coefficient (Wildman–Crippen LogP) is 3.52. The number of methoxy groups -OCH3 is 2. The van der Waals surface area contributed by atoms with Crippen LogP contribution in [0.4, 0.5) is 9.59 Å². The molecule has 1 saturated heterocycles. The fourth-order valence-corrected chi connectivity index (χ4v) is 3.77. The number of aliphatic hydroxyl groups excluding tert-OH is 1. The fraction of sp³-hybridized carbons (Fsp3) is 0.579. The molecule has 0 radical (unpaired) electrons. The maximum absolute atomic E-state index is 12.8. The van der Waals surface area contributed by atoms with E-state index in [2.05, 4.69) is 0 Å². The molecule has 3 amide bonds. The van der Waals surface area contributed by atoms with Crippen molar-refractivity contribution < 1.29 is 28.9 Å². The normalized spacial score (nSPS) is 19.0. The second kappa shape index (κ2) is 8.08. The number of benzene rings is 1. The summed E-state index contributed by atoms with van der Waals surface area (Å²) in [4.78, 5) is 28.3. The first-order valence-electron chi connectivity index (χ1n) is 8.79. The summed E-state index contributed by atoms with van der Waals surface area (Å²) < 4.78 is 15.8. The zero-order valence-electron chi connectivity index (χ0n) is 17.3. The van der Waals surface area contributed by atoms with Crippen molar-refractivity contribution in [2.45, 2.75) is 56.9 Å². The Morgan fingerprint density at radius 2 is 1.82 bits per heavy atom. The zero-order chi connectivity index (χ0) is 21.3. The summed E-state index contributed by atoms with van der Waals surface area (Å²) in [6.45, 7) is 8.51. The van der Waals surface area contributed by atoms with Gasteiger partial charge in [-0.3, -0.25) is 0 Å². The highest BCUT2D eigenvalue weighted by atomic mass is 32.2. The number of urea groups is 1. The third-order valence-corrected chi connectivity index (χ3v) is 5.29. The molecule has 8 nitrogen and oxygen atoms in total. The van der Waals surface area contributed by atoms with Gasteiger partial charge in [-0.05, 0) is 52.8 Å². The minimum atomic E-state index is -1.32. The highest BCUT2D eigenvalue weighted by molar-refractivity contribution is 7.99. The number of rotatable bonds is 5. The molecule has 1 unspecified atom stereocenters. The number of carbonyl (C=O) groups is 2. The minimum Gasteiger partial charge on any atom is -0.493 e. The number of aliphatic hydroxyl groups is 1. The molecule has 156 valence electrons. The Kier molecular flexibility index (Phi) is 6.40. The van der Waals surface area contributed by atoms with Gasteiger partial charge in [0.15, 0.2) is 17.7 Å². The van der Waals surface area contributed by atoms with Crippen LogP contribution in [0.3, 0.4) is 0 Å². The minimum absolute atomic E-state index is 0.234. The van der Waals surface area contributed by atoms with E-state index < -0.39 is 29.5 Å². The number of imide groups is 1. The molecular weight excluding hydrogens is 384 g/mol. The van der Waals surface area contributed by atoms with Crippen molar-refractivity contribution in [2.24, 2.45) is 0 Å². The Morgan fingerprint density at radius 3 is 2.36 bits per heavy atom. The van der Waals surface area contributed by atoms with E-state index in [1.54, 1.807) is 61.0 Å². The number of nitrogens with zero attached hydrogens (tertiary/aromatic N) is 2. The first-order chi connectivity index (χ1) is 12.9. The van der Waals surface area contributed by atoms with E-state index >= 15 is 0 Å². The van der Waals surface area contributed by atoms with Gasteiger partial charge in [0.05, 0.1) is 25.6 Å². The second-order valence-corrected chi connectivity index (χ2v) is 8.90. The highest BCUT2D eigenvalue weighted by Gasteiger charge is 2.54. The van der Waals surface area contributed by atoms with Crippen LogP contribution in [0.25, 0.3) is 0 Å². The SMILES string of the molecule is COc1ccc(SCN2C(=O)N(C(=O)OC(C)(C)C)C(O)C2(C)C)cc1OC. The Bertz CT molecular complexity index is 746. The van der Waals surface area contributed by atoms with E-state index in [4.69, 9.17) is 14.2 Å². The zero-order valence-corrected chi connectivity index (χ0v) is 18.1. The summed E-state index contributed by atoms with van der Waals surface area (Å²) in [6.07, 6.45) is -2.18. The van der Waals surface area contributed by atoms with Crippen molar-refractivity contribution >= 4 is 23.9 Å². The molecule has 0 saturated carbocycles. The first kappa shape index (κ1) is 22.2.